The molecule has 0 aliphatic heterocycles. The van der Waals surface area contributed by atoms with Gasteiger partial charge in [0, 0.05) is 19.2 Å². The molecule has 7 heteroatoms. The van der Waals surface area contributed by atoms with E-state index >= 15 is 0 Å². The van der Waals surface area contributed by atoms with Crippen molar-refractivity contribution in [2.45, 2.75) is 13.5 Å². The Balaban J connectivity index is 2.61. The van der Waals surface area contributed by atoms with Gasteiger partial charge in [0.05, 0.1) is 14.2 Å². The summed E-state index contributed by atoms with van der Waals surface area (Å²) in [6, 6.07) is 3.94. The standard InChI is InChI=1S/C14H19BrN4O2/c1-5-16-8-9-6-11(20-3)12(21-4)7-10(9)13-14(15)17-18-19(13)2/h6-7,16H,5,8H2,1-4H3. The third-order valence-electron chi connectivity index (χ3n) is 3.22. The molecule has 0 fully saturated rings. The first-order valence-electron chi connectivity index (χ1n) is 6.63. The maximum Gasteiger partial charge on any atom is 0.161 e. The van der Waals surface area contributed by atoms with Gasteiger partial charge in [-0.3, -0.25) is 0 Å². The minimum absolute atomic E-state index is 0.681. The van der Waals surface area contributed by atoms with Gasteiger partial charge in [-0.1, -0.05) is 12.1 Å². The molecule has 0 aliphatic rings. The second-order valence-corrected chi connectivity index (χ2v) is 5.25. The predicted molar refractivity (Wildman–Crippen MR) is 84.6 cm³/mol. The maximum absolute atomic E-state index is 5.40. The van der Waals surface area contributed by atoms with Crippen molar-refractivity contribution in [3.63, 3.8) is 0 Å². The van der Waals surface area contributed by atoms with E-state index in [4.69, 9.17) is 9.47 Å². The highest BCUT2D eigenvalue weighted by molar-refractivity contribution is 9.10. The van der Waals surface area contributed by atoms with Crippen molar-refractivity contribution in [1.82, 2.24) is 20.3 Å². The Kier molecular flexibility index (Phi) is 5.19. The Bertz CT molecular complexity index is 608. The number of ether oxygens (including phenoxy) is 2. The highest BCUT2D eigenvalue weighted by atomic mass is 79.9. The molecule has 0 saturated carbocycles. The highest BCUT2D eigenvalue weighted by Crippen LogP contribution is 2.37. The third kappa shape index (κ3) is 3.19. The average Bonchev–Trinajstić information content (AvgIpc) is 2.83. The molecule has 1 N–H and O–H groups in total. The van der Waals surface area contributed by atoms with Crippen LogP contribution in [0.2, 0.25) is 0 Å². The van der Waals surface area contributed by atoms with Crippen LogP contribution in [0.25, 0.3) is 11.3 Å². The Hall–Kier alpha value is -1.60. The number of aromatic nitrogens is 3. The molecule has 2 aromatic rings. The van der Waals surface area contributed by atoms with Crippen molar-refractivity contribution >= 4 is 15.9 Å². The molecule has 0 amide bonds. The predicted octanol–water partition coefficient (Wildman–Crippen LogP) is 2.37. The summed E-state index contributed by atoms with van der Waals surface area (Å²) in [6.45, 7) is 3.68. The SMILES string of the molecule is CCNCc1cc(OC)c(OC)cc1-c1c(Br)nnn1C. The van der Waals surface area contributed by atoms with Gasteiger partial charge in [0.2, 0.25) is 0 Å². The Morgan fingerprint density at radius 2 is 1.90 bits per heavy atom. The Labute approximate surface area is 132 Å². The first-order chi connectivity index (χ1) is 10.1. The van der Waals surface area contributed by atoms with E-state index < -0.39 is 0 Å². The first kappa shape index (κ1) is 15.8. The Morgan fingerprint density at radius 3 is 2.43 bits per heavy atom. The normalized spacial score (nSPS) is 10.7. The molecule has 1 aromatic carbocycles. The van der Waals surface area contributed by atoms with E-state index in [0.29, 0.717) is 16.1 Å². The van der Waals surface area contributed by atoms with Gasteiger partial charge >= 0.3 is 0 Å². The van der Waals surface area contributed by atoms with Crippen molar-refractivity contribution in [2.24, 2.45) is 7.05 Å². The number of halogens is 1. The molecule has 0 aliphatic carbocycles. The molecule has 2 rings (SSSR count). The molecule has 6 nitrogen and oxygen atoms in total. The lowest BCUT2D eigenvalue weighted by atomic mass is 10.0. The molecule has 0 radical (unpaired) electrons. The number of nitrogens with one attached hydrogen (secondary N) is 1. The van der Waals surface area contributed by atoms with Gasteiger partial charge in [-0.2, -0.15) is 0 Å². The molecule has 114 valence electrons. The van der Waals surface area contributed by atoms with Gasteiger partial charge in [0.1, 0.15) is 5.69 Å². The second kappa shape index (κ2) is 6.91. The van der Waals surface area contributed by atoms with Crippen molar-refractivity contribution in [2.75, 3.05) is 20.8 Å². The van der Waals surface area contributed by atoms with Gasteiger partial charge in [-0.25, -0.2) is 4.68 Å². The van der Waals surface area contributed by atoms with Crippen LogP contribution in [0.4, 0.5) is 0 Å². The van der Waals surface area contributed by atoms with Crippen LogP contribution in [-0.2, 0) is 13.6 Å². The van der Waals surface area contributed by atoms with E-state index in [1.54, 1.807) is 18.9 Å². The fourth-order valence-corrected chi connectivity index (χ4v) is 2.71. The van der Waals surface area contributed by atoms with E-state index in [-0.39, 0.29) is 0 Å². The maximum atomic E-state index is 5.40. The van der Waals surface area contributed by atoms with Crippen LogP contribution in [0.1, 0.15) is 12.5 Å². The Morgan fingerprint density at radius 1 is 1.24 bits per heavy atom. The van der Waals surface area contributed by atoms with Crippen molar-refractivity contribution in [3.05, 3.63) is 22.3 Å². The topological polar surface area (TPSA) is 61.2 Å². The van der Waals surface area contributed by atoms with Gasteiger partial charge in [-0.05, 0) is 40.2 Å². The van der Waals surface area contributed by atoms with E-state index in [0.717, 1.165) is 29.9 Å². The van der Waals surface area contributed by atoms with Gasteiger partial charge in [0.25, 0.3) is 0 Å². The molecule has 0 atom stereocenters. The summed E-state index contributed by atoms with van der Waals surface area (Å²) in [6.07, 6.45) is 0. The van der Waals surface area contributed by atoms with Crippen LogP contribution in [-0.4, -0.2) is 35.8 Å². The molecule has 21 heavy (non-hydrogen) atoms. The third-order valence-corrected chi connectivity index (χ3v) is 3.75. The van der Waals surface area contributed by atoms with Crippen LogP contribution in [0.5, 0.6) is 11.5 Å². The van der Waals surface area contributed by atoms with Gasteiger partial charge in [0.15, 0.2) is 16.1 Å². The molecule has 0 saturated heterocycles. The van der Waals surface area contributed by atoms with Crippen molar-refractivity contribution in [1.29, 1.82) is 0 Å². The number of aryl methyl sites for hydroxylation is 1. The summed E-state index contributed by atoms with van der Waals surface area (Å²) < 4.78 is 13.2. The largest absolute Gasteiger partial charge is 0.493 e. The monoisotopic (exact) mass is 354 g/mol. The van der Waals surface area contributed by atoms with Crippen molar-refractivity contribution in [3.8, 4) is 22.8 Å². The molecule has 1 heterocycles. The lowest BCUT2D eigenvalue weighted by Crippen LogP contribution is -2.13. The van der Waals surface area contributed by atoms with Crippen LogP contribution < -0.4 is 14.8 Å². The summed E-state index contributed by atoms with van der Waals surface area (Å²) in [5.41, 5.74) is 3.01. The van der Waals surface area contributed by atoms with E-state index in [1.165, 1.54) is 0 Å². The number of methoxy groups -OCH3 is 2. The highest BCUT2D eigenvalue weighted by Gasteiger charge is 2.18. The van der Waals surface area contributed by atoms with Crippen LogP contribution >= 0.6 is 15.9 Å². The summed E-state index contributed by atoms with van der Waals surface area (Å²) in [7, 11) is 5.12. The number of hydrogen-bond donors (Lipinski definition) is 1. The molecule has 0 unspecified atom stereocenters. The van der Waals surface area contributed by atoms with Crippen LogP contribution in [0.3, 0.4) is 0 Å². The second-order valence-electron chi connectivity index (χ2n) is 4.50. The zero-order valence-corrected chi connectivity index (χ0v) is 14.2. The molecular formula is C14H19BrN4O2. The molecule has 0 spiro atoms. The lowest BCUT2D eigenvalue weighted by Gasteiger charge is -2.15. The molecule has 0 bridgehead atoms. The number of nitrogens with zero attached hydrogens (tertiary/aromatic N) is 3. The minimum atomic E-state index is 0.681. The van der Waals surface area contributed by atoms with Gasteiger partial charge < -0.3 is 14.8 Å². The lowest BCUT2D eigenvalue weighted by molar-refractivity contribution is 0.354. The van der Waals surface area contributed by atoms with Crippen molar-refractivity contribution < 1.29 is 9.47 Å². The van der Waals surface area contributed by atoms with E-state index in [1.807, 2.05) is 19.2 Å². The van der Waals surface area contributed by atoms with Gasteiger partial charge in [-0.15, -0.1) is 5.10 Å². The van der Waals surface area contributed by atoms with E-state index in [2.05, 4.69) is 38.5 Å². The number of benzene rings is 1. The fraction of sp³-hybridized carbons (Fsp3) is 0.429. The number of hydrogen-bond acceptors (Lipinski definition) is 5. The zero-order valence-electron chi connectivity index (χ0n) is 12.6. The van der Waals surface area contributed by atoms with Crippen LogP contribution in [0, 0.1) is 0 Å². The van der Waals surface area contributed by atoms with E-state index in [9.17, 15) is 0 Å². The molecular weight excluding hydrogens is 336 g/mol. The minimum Gasteiger partial charge on any atom is -0.493 e. The number of rotatable bonds is 6. The fourth-order valence-electron chi connectivity index (χ4n) is 2.16. The summed E-state index contributed by atoms with van der Waals surface area (Å²) in [5, 5.41) is 11.4. The summed E-state index contributed by atoms with van der Waals surface area (Å²) in [4.78, 5) is 0. The smallest absolute Gasteiger partial charge is 0.161 e. The van der Waals surface area contributed by atoms with Crippen LogP contribution in [0.15, 0.2) is 16.7 Å². The first-order valence-corrected chi connectivity index (χ1v) is 7.42. The summed E-state index contributed by atoms with van der Waals surface area (Å²) >= 11 is 3.45. The molecule has 1 aromatic heterocycles. The zero-order chi connectivity index (χ0) is 15.4. The average molecular weight is 355 g/mol. The quantitative estimate of drug-likeness (QED) is 0.862. The summed E-state index contributed by atoms with van der Waals surface area (Å²) in [5.74, 6) is 1.39.